The molecule has 0 amide bonds. The van der Waals surface area contributed by atoms with Gasteiger partial charge in [0.2, 0.25) is 0 Å². The first-order valence-electron chi connectivity index (χ1n) is 12.0. The Bertz CT molecular complexity index is 518. The molecule has 1 aromatic carbocycles. The fourth-order valence-corrected chi connectivity index (χ4v) is 5.99. The van der Waals surface area contributed by atoms with Gasteiger partial charge >= 0.3 is 0 Å². The van der Waals surface area contributed by atoms with E-state index in [9.17, 15) is 0 Å². The van der Waals surface area contributed by atoms with Gasteiger partial charge in [-0.2, -0.15) is 0 Å². The molecule has 152 valence electrons. The van der Waals surface area contributed by atoms with Crippen LogP contribution in [0, 0.1) is 23.7 Å². The molecule has 1 heteroatoms. The number of hydrogen-bond donors (Lipinski definition) is 1. The Morgan fingerprint density at radius 3 is 2.00 bits per heavy atom. The minimum absolute atomic E-state index is 0.771. The molecule has 27 heavy (non-hydrogen) atoms. The van der Waals surface area contributed by atoms with Crippen LogP contribution in [0.25, 0.3) is 0 Å². The Morgan fingerprint density at radius 1 is 0.815 bits per heavy atom. The molecule has 1 atom stereocenters. The van der Waals surface area contributed by atoms with Crippen LogP contribution in [0.3, 0.4) is 0 Å². The highest BCUT2D eigenvalue weighted by Crippen LogP contribution is 2.44. The van der Waals surface area contributed by atoms with Crippen molar-refractivity contribution in [2.45, 2.75) is 103 Å². The summed E-state index contributed by atoms with van der Waals surface area (Å²) < 4.78 is 0. The molecule has 0 heterocycles. The van der Waals surface area contributed by atoms with Crippen LogP contribution in [-0.4, -0.2) is 0 Å². The van der Waals surface area contributed by atoms with E-state index >= 15 is 0 Å². The average Bonchev–Trinajstić information content (AvgIpc) is 2.72. The molecule has 2 aliphatic carbocycles. The molecule has 1 unspecified atom stereocenters. The van der Waals surface area contributed by atoms with Gasteiger partial charge in [-0.15, -0.1) is 0 Å². The maximum Gasteiger partial charge on any atom is 0.0314 e. The summed E-state index contributed by atoms with van der Waals surface area (Å²) in [5.74, 6) is 4.74. The summed E-state index contributed by atoms with van der Waals surface area (Å²) in [5, 5.41) is 0. The van der Waals surface area contributed by atoms with E-state index in [-0.39, 0.29) is 0 Å². The Morgan fingerprint density at radius 2 is 1.41 bits per heavy atom. The predicted molar refractivity (Wildman–Crippen MR) is 119 cm³/mol. The van der Waals surface area contributed by atoms with E-state index in [2.05, 4.69) is 38.1 Å². The minimum Gasteiger partial charge on any atom is -0.399 e. The van der Waals surface area contributed by atoms with Crippen LogP contribution in [0.2, 0.25) is 0 Å². The molecule has 0 aromatic heterocycles. The van der Waals surface area contributed by atoms with Crippen LogP contribution < -0.4 is 5.73 Å². The van der Waals surface area contributed by atoms with Crippen molar-refractivity contribution in [2.24, 2.45) is 23.7 Å². The first-order valence-corrected chi connectivity index (χ1v) is 12.0. The van der Waals surface area contributed by atoms with E-state index in [0.717, 1.165) is 35.3 Å². The second-order valence-electron chi connectivity index (χ2n) is 9.77. The second-order valence-corrected chi connectivity index (χ2v) is 9.77. The Hall–Kier alpha value is -0.980. The number of rotatable bonds is 8. The number of anilines is 1. The van der Waals surface area contributed by atoms with Gasteiger partial charge in [0.25, 0.3) is 0 Å². The molecule has 2 saturated carbocycles. The summed E-state index contributed by atoms with van der Waals surface area (Å²) in [5.41, 5.74) is 8.25. The number of nitrogen functional groups attached to an aromatic ring is 1. The van der Waals surface area contributed by atoms with Crippen LogP contribution >= 0.6 is 0 Å². The lowest BCUT2D eigenvalue weighted by atomic mass is 9.66. The number of benzene rings is 1. The van der Waals surface area contributed by atoms with Crippen molar-refractivity contribution in [2.75, 3.05) is 5.73 Å². The van der Waals surface area contributed by atoms with E-state index in [4.69, 9.17) is 5.73 Å². The third kappa shape index (κ3) is 6.00. The highest BCUT2D eigenvalue weighted by molar-refractivity contribution is 5.40. The second kappa shape index (κ2) is 10.5. The molecule has 2 aliphatic rings. The summed E-state index contributed by atoms with van der Waals surface area (Å²) in [4.78, 5) is 0. The van der Waals surface area contributed by atoms with Crippen molar-refractivity contribution in [3.63, 3.8) is 0 Å². The van der Waals surface area contributed by atoms with E-state index < -0.39 is 0 Å². The Labute approximate surface area is 168 Å². The Balaban J connectivity index is 1.38. The topological polar surface area (TPSA) is 26.0 Å². The predicted octanol–water partition coefficient (Wildman–Crippen LogP) is 7.96. The van der Waals surface area contributed by atoms with Crippen molar-refractivity contribution >= 4 is 5.69 Å². The van der Waals surface area contributed by atoms with E-state index in [1.165, 1.54) is 89.0 Å². The van der Waals surface area contributed by atoms with Gasteiger partial charge in [0.1, 0.15) is 0 Å². The van der Waals surface area contributed by atoms with Crippen LogP contribution in [0.15, 0.2) is 24.3 Å². The lowest BCUT2D eigenvalue weighted by Gasteiger charge is -2.39. The molecular formula is C26H43N. The molecule has 0 spiro atoms. The normalized spacial score (nSPS) is 30.1. The van der Waals surface area contributed by atoms with Gasteiger partial charge in [0.15, 0.2) is 0 Å². The summed E-state index contributed by atoms with van der Waals surface area (Å²) in [7, 11) is 0. The van der Waals surface area contributed by atoms with E-state index in [1.54, 1.807) is 0 Å². The highest BCUT2D eigenvalue weighted by Gasteiger charge is 2.32. The molecular weight excluding hydrogens is 326 g/mol. The van der Waals surface area contributed by atoms with Crippen molar-refractivity contribution in [3.05, 3.63) is 29.8 Å². The van der Waals surface area contributed by atoms with Gasteiger partial charge in [-0.05, 0) is 85.8 Å². The molecule has 1 aromatic rings. The zero-order valence-electron chi connectivity index (χ0n) is 18.0. The SMILES string of the molecule is CCCCCCC1CCC(C(C)C2CCC(c3ccc(N)cc3)CC2)CC1. The molecule has 0 bridgehead atoms. The molecule has 0 aliphatic heterocycles. The third-order valence-electron chi connectivity index (χ3n) is 8.02. The quantitative estimate of drug-likeness (QED) is 0.365. The molecule has 2 fully saturated rings. The minimum atomic E-state index is 0.771. The van der Waals surface area contributed by atoms with Gasteiger partial charge < -0.3 is 5.73 Å². The van der Waals surface area contributed by atoms with Gasteiger partial charge in [0, 0.05) is 5.69 Å². The molecule has 1 nitrogen and oxygen atoms in total. The smallest absolute Gasteiger partial charge is 0.0314 e. The summed E-state index contributed by atoms with van der Waals surface area (Å²) >= 11 is 0. The van der Waals surface area contributed by atoms with Crippen molar-refractivity contribution in [1.82, 2.24) is 0 Å². The largest absolute Gasteiger partial charge is 0.399 e. The fraction of sp³-hybridized carbons (Fsp3) is 0.769. The van der Waals surface area contributed by atoms with Gasteiger partial charge in [-0.1, -0.05) is 70.9 Å². The monoisotopic (exact) mass is 369 g/mol. The summed E-state index contributed by atoms with van der Waals surface area (Å²) in [6.45, 7) is 4.90. The molecule has 3 rings (SSSR count). The lowest BCUT2D eigenvalue weighted by Crippen LogP contribution is -2.28. The van der Waals surface area contributed by atoms with Gasteiger partial charge in [-0.3, -0.25) is 0 Å². The van der Waals surface area contributed by atoms with Crippen LogP contribution in [0.5, 0.6) is 0 Å². The summed E-state index contributed by atoms with van der Waals surface area (Å²) in [6, 6.07) is 8.66. The number of nitrogens with two attached hydrogens (primary N) is 1. The van der Waals surface area contributed by atoms with E-state index in [0.29, 0.717) is 0 Å². The standard InChI is InChI=1S/C26H43N/c1-3-4-5-6-7-21-8-10-22(11-9-21)20(2)23-12-14-24(15-13-23)25-16-18-26(27)19-17-25/h16-24H,3-15,27H2,1-2H3. The average molecular weight is 370 g/mol. The molecule has 0 saturated heterocycles. The van der Waals surface area contributed by atoms with Crippen molar-refractivity contribution in [1.29, 1.82) is 0 Å². The number of unbranched alkanes of at least 4 members (excludes halogenated alkanes) is 3. The first-order chi connectivity index (χ1) is 13.2. The van der Waals surface area contributed by atoms with Crippen LogP contribution in [0.4, 0.5) is 5.69 Å². The third-order valence-corrected chi connectivity index (χ3v) is 8.02. The van der Waals surface area contributed by atoms with E-state index in [1.807, 2.05) is 0 Å². The van der Waals surface area contributed by atoms with Crippen molar-refractivity contribution < 1.29 is 0 Å². The fourth-order valence-electron chi connectivity index (χ4n) is 5.99. The number of hydrogen-bond acceptors (Lipinski definition) is 1. The molecule has 0 radical (unpaired) electrons. The van der Waals surface area contributed by atoms with Gasteiger partial charge in [0.05, 0.1) is 0 Å². The lowest BCUT2D eigenvalue weighted by molar-refractivity contribution is 0.131. The van der Waals surface area contributed by atoms with Crippen molar-refractivity contribution in [3.8, 4) is 0 Å². The molecule has 2 N–H and O–H groups in total. The zero-order valence-corrected chi connectivity index (χ0v) is 18.0. The highest BCUT2D eigenvalue weighted by atomic mass is 14.5. The van der Waals surface area contributed by atoms with Crippen LogP contribution in [-0.2, 0) is 0 Å². The first kappa shape index (κ1) is 20.7. The Kier molecular flexibility index (Phi) is 8.09. The van der Waals surface area contributed by atoms with Gasteiger partial charge in [-0.25, -0.2) is 0 Å². The maximum absolute atomic E-state index is 5.85. The zero-order chi connectivity index (χ0) is 19.1. The van der Waals surface area contributed by atoms with Crippen LogP contribution in [0.1, 0.15) is 109 Å². The maximum atomic E-state index is 5.85. The summed E-state index contributed by atoms with van der Waals surface area (Å²) in [6.07, 6.45) is 18.9.